The molecule has 2 heterocycles. The Morgan fingerprint density at radius 3 is 2.48 bits per heavy atom. The third kappa shape index (κ3) is 6.57. The van der Waals surface area contributed by atoms with E-state index in [0.717, 1.165) is 19.3 Å². The second-order valence-corrected chi connectivity index (χ2v) is 9.08. The van der Waals surface area contributed by atoms with Gasteiger partial charge in [0.1, 0.15) is 11.7 Å². The maximum atomic E-state index is 11.5. The third-order valence-corrected chi connectivity index (χ3v) is 6.19. The molecule has 3 rings (SSSR count). The van der Waals surface area contributed by atoms with Crippen LogP contribution in [0.3, 0.4) is 0 Å². The summed E-state index contributed by atoms with van der Waals surface area (Å²) in [7, 11) is 0. The van der Waals surface area contributed by atoms with Crippen LogP contribution in [0.5, 0.6) is 0 Å². The lowest BCUT2D eigenvalue weighted by Gasteiger charge is -2.25. The van der Waals surface area contributed by atoms with Gasteiger partial charge >= 0.3 is 5.97 Å². The highest BCUT2D eigenvalue weighted by atomic mass is 16.6. The van der Waals surface area contributed by atoms with E-state index in [2.05, 4.69) is 55.5 Å². The Bertz CT molecular complexity index is 708. The highest BCUT2D eigenvalue weighted by molar-refractivity contribution is 5.73. The van der Waals surface area contributed by atoms with Gasteiger partial charge in [-0.1, -0.05) is 86.7 Å². The summed E-state index contributed by atoms with van der Waals surface area (Å²) in [5, 5.41) is 0. The first kappa shape index (κ1) is 21.8. The Balaban J connectivity index is 1.19. The van der Waals surface area contributed by atoms with Gasteiger partial charge in [-0.05, 0) is 38.7 Å². The van der Waals surface area contributed by atoms with Gasteiger partial charge in [-0.2, -0.15) is 0 Å². The fraction of sp³-hybridized carbons (Fsp3) is 0.577. The quantitative estimate of drug-likeness (QED) is 0.239. The van der Waals surface area contributed by atoms with E-state index in [-0.39, 0.29) is 17.7 Å². The molecule has 2 aliphatic heterocycles. The molecule has 3 unspecified atom stereocenters. The van der Waals surface area contributed by atoms with Gasteiger partial charge < -0.3 is 9.47 Å². The molecular formula is C26H36O3. The lowest BCUT2D eigenvalue weighted by Crippen LogP contribution is -2.31. The first-order valence-electron chi connectivity index (χ1n) is 11.3. The smallest absolute Gasteiger partial charge is 0.309 e. The maximum absolute atomic E-state index is 11.5. The summed E-state index contributed by atoms with van der Waals surface area (Å²) >= 11 is 0. The molecule has 2 fully saturated rings. The van der Waals surface area contributed by atoms with Gasteiger partial charge in [0.15, 0.2) is 0 Å². The standard InChI is InChI=1S/C26H36O3/c1-25(21-26(2)23(28-25)20-24(27)29-26)19-15-10-8-6-4-3-5-7-9-12-16-22-17-13-11-14-18-22/h7,9,11-14,16-18,23H,3-6,8,10,15,19-21H2,1-2H3. The van der Waals surface area contributed by atoms with E-state index >= 15 is 0 Å². The minimum atomic E-state index is -0.393. The molecule has 0 saturated carbocycles. The molecule has 2 saturated heterocycles. The van der Waals surface area contributed by atoms with Crippen LogP contribution in [0.1, 0.15) is 83.6 Å². The van der Waals surface area contributed by atoms with Crippen molar-refractivity contribution in [3.63, 3.8) is 0 Å². The van der Waals surface area contributed by atoms with E-state index in [0.29, 0.717) is 6.42 Å². The van der Waals surface area contributed by atoms with Crippen molar-refractivity contribution in [2.24, 2.45) is 0 Å². The fourth-order valence-electron chi connectivity index (χ4n) is 4.70. The summed E-state index contributed by atoms with van der Waals surface area (Å²) in [4.78, 5) is 11.5. The molecule has 3 nitrogen and oxygen atoms in total. The van der Waals surface area contributed by atoms with Crippen molar-refractivity contribution in [3.8, 4) is 0 Å². The molecule has 3 heteroatoms. The SMILES string of the molecule is CC1(CCCCCCCCC=CC=Cc2ccccc2)CC2(C)OC(=O)CC2O1. The topological polar surface area (TPSA) is 35.5 Å². The number of hydrogen-bond donors (Lipinski definition) is 0. The van der Waals surface area contributed by atoms with E-state index in [1.165, 1.54) is 44.1 Å². The molecule has 158 valence electrons. The lowest BCUT2D eigenvalue weighted by atomic mass is 9.87. The number of carbonyl (C=O) groups is 1. The molecule has 0 N–H and O–H groups in total. The first-order chi connectivity index (χ1) is 14.0. The first-order valence-corrected chi connectivity index (χ1v) is 11.3. The number of rotatable bonds is 11. The van der Waals surface area contributed by atoms with Crippen LogP contribution in [-0.2, 0) is 14.3 Å². The molecule has 0 amide bonds. The van der Waals surface area contributed by atoms with Crippen LogP contribution in [0.4, 0.5) is 0 Å². The van der Waals surface area contributed by atoms with Crippen molar-refractivity contribution in [1.29, 1.82) is 0 Å². The van der Waals surface area contributed by atoms with E-state index in [1.54, 1.807) is 0 Å². The molecule has 29 heavy (non-hydrogen) atoms. The number of allylic oxidation sites excluding steroid dienone is 3. The number of esters is 1. The largest absolute Gasteiger partial charge is 0.456 e. The highest BCUT2D eigenvalue weighted by Crippen LogP contribution is 2.47. The minimum Gasteiger partial charge on any atom is -0.456 e. The normalized spacial score (nSPS) is 29.0. The Hall–Kier alpha value is -1.87. The van der Waals surface area contributed by atoms with Gasteiger partial charge in [0, 0.05) is 6.42 Å². The number of carbonyl (C=O) groups excluding carboxylic acids is 1. The van der Waals surface area contributed by atoms with E-state index < -0.39 is 5.60 Å². The zero-order valence-electron chi connectivity index (χ0n) is 18.1. The van der Waals surface area contributed by atoms with Crippen LogP contribution in [0.15, 0.2) is 48.6 Å². The zero-order valence-corrected chi connectivity index (χ0v) is 18.1. The van der Waals surface area contributed by atoms with Crippen LogP contribution in [0.25, 0.3) is 6.08 Å². The Morgan fingerprint density at radius 2 is 1.72 bits per heavy atom. The highest BCUT2D eigenvalue weighted by Gasteiger charge is 2.57. The summed E-state index contributed by atoms with van der Waals surface area (Å²) in [5.74, 6) is -0.110. The van der Waals surface area contributed by atoms with Gasteiger partial charge in [0.05, 0.1) is 12.0 Å². The Kier molecular flexibility index (Phi) is 7.71. The summed E-state index contributed by atoms with van der Waals surface area (Å²) in [6, 6.07) is 10.4. The summed E-state index contributed by atoms with van der Waals surface area (Å²) in [6.07, 6.45) is 19.7. The van der Waals surface area contributed by atoms with Crippen LogP contribution < -0.4 is 0 Å². The fourth-order valence-corrected chi connectivity index (χ4v) is 4.70. The molecule has 3 atom stereocenters. The molecule has 0 spiro atoms. The summed E-state index contributed by atoms with van der Waals surface area (Å²) < 4.78 is 11.7. The Morgan fingerprint density at radius 1 is 1.00 bits per heavy atom. The second-order valence-electron chi connectivity index (χ2n) is 9.08. The molecule has 2 aliphatic rings. The Labute approximate surface area is 176 Å². The predicted octanol–water partition coefficient (Wildman–Crippen LogP) is 6.63. The lowest BCUT2D eigenvalue weighted by molar-refractivity contribution is -0.147. The van der Waals surface area contributed by atoms with E-state index in [1.807, 2.05) is 13.0 Å². The van der Waals surface area contributed by atoms with E-state index in [4.69, 9.17) is 9.47 Å². The molecule has 1 aromatic rings. The minimum absolute atomic E-state index is 0.0457. The monoisotopic (exact) mass is 396 g/mol. The average molecular weight is 397 g/mol. The number of benzene rings is 1. The molecular weight excluding hydrogens is 360 g/mol. The number of unbranched alkanes of at least 4 members (excludes halogenated alkanes) is 6. The van der Waals surface area contributed by atoms with Crippen molar-refractivity contribution < 1.29 is 14.3 Å². The number of fused-ring (bicyclic) bond motifs is 1. The molecule has 1 aromatic carbocycles. The number of hydrogen-bond acceptors (Lipinski definition) is 3. The van der Waals surface area contributed by atoms with Crippen molar-refractivity contribution in [2.75, 3.05) is 0 Å². The summed E-state index contributed by atoms with van der Waals surface area (Å²) in [6.45, 7) is 4.21. The third-order valence-electron chi connectivity index (χ3n) is 6.19. The van der Waals surface area contributed by atoms with Crippen LogP contribution in [-0.4, -0.2) is 23.3 Å². The van der Waals surface area contributed by atoms with Gasteiger partial charge in [-0.15, -0.1) is 0 Å². The van der Waals surface area contributed by atoms with Crippen LogP contribution in [0.2, 0.25) is 0 Å². The molecule has 0 bridgehead atoms. The molecule has 0 radical (unpaired) electrons. The van der Waals surface area contributed by atoms with Gasteiger partial charge in [-0.25, -0.2) is 0 Å². The second kappa shape index (κ2) is 10.2. The number of ether oxygens (including phenoxy) is 2. The molecule has 0 aliphatic carbocycles. The predicted molar refractivity (Wildman–Crippen MR) is 119 cm³/mol. The van der Waals surface area contributed by atoms with Crippen molar-refractivity contribution >= 4 is 12.0 Å². The average Bonchev–Trinajstić information content (AvgIpc) is 3.08. The summed E-state index contributed by atoms with van der Waals surface area (Å²) in [5.41, 5.74) is 0.723. The van der Waals surface area contributed by atoms with Crippen molar-refractivity contribution in [1.82, 2.24) is 0 Å². The van der Waals surface area contributed by atoms with Crippen LogP contribution >= 0.6 is 0 Å². The van der Waals surface area contributed by atoms with Gasteiger partial charge in [0.2, 0.25) is 0 Å². The van der Waals surface area contributed by atoms with Crippen LogP contribution in [0, 0.1) is 0 Å². The molecule has 0 aromatic heterocycles. The zero-order chi connectivity index (χ0) is 20.6. The maximum Gasteiger partial charge on any atom is 0.309 e. The van der Waals surface area contributed by atoms with E-state index in [9.17, 15) is 4.79 Å². The van der Waals surface area contributed by atoms with Gasteiger partial charge in [-0.3, -0.25) is 4.79 Å². The van der Waals surface area contributed by atoms with Crippen molar-refractivity contribution in [3.05, 3.63) is 54.1 Å². The van der Waals surface area contributed by atoms with Gasteiger partial charge in [0.25, 0.3) is 0 Å². The van der Waals surface area contributed by atoms with Crippen molar-refractivity contribution in [2.45, 2.75) is 95.4 Å².